The van der Waals surface area contributed by atoms with Crippen LogP contribution in [0, 0.1) is 0 Å². The summed E-state index contributed by atoms with van der Waals surface area (Å²) >= 11 is 1.88. The van der Waals surface area contributed by atoms with Crippen molar-refractivity contribution in [3.63, 3.8) is 0 Å². The Balaban J connectivity index is 1.79. The zero-order chi connectivity index (χ0) is 13.7. The standard InChI is InChI=1S/C14H27N3OS/c1-3-7-17-8-4-12(5-9-17)16(2)14(18)13-11-19-10-6-15-13/h12-13,15H,3-11H2,1-2H3. The molecule has 5 heteroatoms. The highest BCUT2D eigenvalue weighted by atomic mass is 32.2. The molecule has 2 fully saturated rings. The maximum atomic E-state index is 12.4. The number of hydrogen-bond acceptors (Lipinski definition) is 4. The molecule has 110 valence electrons. The lowest BCUT2D eigenvalue weighted by molar-refractivity contribution is -0.134. The summed E-state index contributed by atoms with van der Waals surface area (Å²) in [6, 6.07) is 0.478. The van der Waals surface area contributed by atoms with Gasteiger partial charge in [-0.15, -0.1) is 0 Å². The predicted molar refractivity (Wildman–Crippen MR) is 81.6 cm³/mol. The normalized spacial score (nSPS) is 26.3. The topological polar surface area (TPSA) is 35.6 Å². The number of carbonyl (C=O) groups excluding carboxylic acids is 1. The van der Waals surface area contributed by atoms with E-state index in [2.05, 4.69) is 17.1 Å². The fraction of sp³-hybridized carbons (Fsp3) is 0.929. The van der Waals surface area contributed by atoms with E-state index in [1.807, 2.05) is 23.7 Å². The number of piperidine rings is 1. The molecule has 0 aromatic rings. The van der Waals surface area contributed by atoms with E-state index in [4.69, 9.17) is 0 Å². The highest BCUT2D eigenvalue weighted by Crippen LogP contribution is 2.18. The highest BCUT2D eigenvalue weighted by molar-refractivity contribution is 7.99. The van der Waals surface area contributed by atoms with Crippen molar-refractivity contribution in [3.8, 4) is 0 Å². The van der Waals surface area contributed by atoms with Gasteiger partial charge in [-0.25, -0.2) is 0 Å². The third kappa shape index (κ3) is 4.10. The van der Waals surface area contributed by atoms with Gasteiger partial charge >= 0.3 is 0 Å². The van der Waals surface area contributed by atoms with Crippen LogP contribution >= 0.6 is 11.8 Å². The van der Waals surface area contributed by atoms with Gasteiger partial charge in [0.15, 0.2) is 0 Å². The number of amides is 1. The average Bonchev–Trinajstić information content (AvgIpc) is 2.48. The van der Waals surface area contributed by atoms with Gasteiger partial charge in [-0.05, 0) is 25.8 Å². The molecule has 0 aromatic heterocycles. The van der Waals surface area contributed by atoms with Gasteiger partial charge in [-0.2, -0.15) is 11.8 Å². The maximum absolute atomic E-state index is 12.4. The molecule has 2 aliphatic rings. The number of nitrogens with one attached hydrogen (secondary N) is 1. The van der Waals surface area contributed by atoms with Crippen LogP contribution in [-0.4, -0.2) is 72.5 Å². The van der Waals surface area contributed by atoms with Crippen LogP contribution in [-0.2, 0) is 4.79 Å². The number of nitrogens with zero attached hydrogens (tertiary/aromatic N) is 2. The van der Waals surface area contributed by atoms with Crippen molar-refractivity contribution in [3.05, 3.63) is 0 Å². The molecule has 2 rings (SSSR count). The molecule has 1 N–H and O–H groups in total. The molecule has 0 aliphatic carbocycles. The van der Waals surface area contributed by atoms with E-state index in [9.17, 15) is 4.79 Å². The molecule has 0 radical (unpaired) electrons. The molecule has 19 heavy (non-hydrogen) atoms. The summed E-state index contributed by atoms with van der Waals surface area (Å²) in [5, 5.41) is 3.35. The minimum Gasteiger partial charge on any atom is -0.341 e. The van der Waals surface area contributed by atoms with Crippen LogP contribution < -0.4 is 5.32 Å². The Labute approximate surface area is 121 Å². The molecule has 2 saturated heterocycles. The first-order valence-corrected chi connectivity index (χ1v) is 8.68. The maximum Gasteiger partial charge on any atom is 0.240 e. The summed E-state index contributed by atoms with van der Waals surface area (Å²) < 4.78 is 0. The van der Waals surface area contributed by atoms with Crippen LogP contribution in [0.5, 0.6) is 0 Å². The summed E-state index contributed by atoms with van der Waals surface area (Å²) in [5.41, 5.74) is 0. The first-order valence-electron chi connectivity index (χ1n) is 7.52. The van der Waals surface area contributed by atoms with Gasteiger partial charge in [0.25, 0.3) is 0 Å². The Morgan fingerprint density at radius 3 is 2.74 bits per heavy atom. The summed E-state index contributed by atoms with van der Waals surface area (Å²) in [4.78, 5) is 17.0. The van der Waals surface area contributed by atoms with E-state index in [0.717, 1.165) is 44.0 Å². The number of rotatable bonds is 4. The second-order valence-corrected chi connectivity index (χ2v) is 6.75. The quantitative estimate of drug-likeness (QED) is 0.837. The lowest BCUT2D eigenvalue weighted by Gasteiger charge is -2.38. The average molecular weight is 285 g/mol. The van der Waals surface area contributed by atoms with Gasteiger partial charge in [0.2, 0.25) is 5.91 Å². The number of likely N-dealkylation sites (tertiary alicyclic amines) is 1. The molecule has 4 nitrogen and oxygen atoms in total. The van der Waals surface area contributed by atoms with E-state index < -0.39 is 0 Å². The Hall–Kier alpha value is -0.260. The van der Waals surface area contributed by atoms with Crippen molar-refractivity contribution in [2.45, 2.75) is 38.3 Å². The molecule has 0 saturated carbocycles. The summed E-state index contributed by atoms with van der Waals surface area (Å²) in [7, 11) is 1.99. The van der Waals surface area contributed by atoms with Crippen LogP contribution in [0.15, 0.2) is 0 Å². The lowest BCUT2D eigenvalue weighted by atomic mass is 10.0. The summed E-state index contributed by atoms with van der Waals surface area (Å²) in [6.45, 7) is 6.68. The fourth-order valence-electron chi connectivity index (χ4n) is 3.00. The molecule has 0 aromatic carbocycles. The van der Waals surface area contributed by atoms with Gasteiger partial charge in [-0.3, -0.25) is 4.79 Å². The predicted octanol–water partition coefficient (Wildman–Crippen LogP) is 1.02. The highest BCUT2D eigenvalue weighted by Gasteiger charge is 2.30. The van der Waals surface area contributed by atoms with E-state index in [1.54, 1.807) is 0 Å². The fourth-order valence-corrected chi connectivity index (χ4v) is 3.92. The molecule has 0 bridgehead atoms. The minimum atomic E-state index is 0.0393. The molecular weight excluding hydrogens is 258 g/mol. The van der Waals surface area contributed by atoms with Gasteiger partial charge in [0, 0.05) is 44.2 Å². The van der Waals surface area contributed by atoms with E-state index in [0.29, 0.717) is 11.9 Å². The number of hydrogen-bond donors (Lipinski definition) is 1. The van der Waals surface area contributed by atoms with Gasteiger partial charge in [0.1, 0.15) is 0 Å². The van der Waals surface area contributed by atoms with Crippen molar-refractivity contribution in [1.29, 1.82) is 0 Å². The van der Waals surface area contributed by atoms with Crippen molar-refractivity contribution < 1.29 is 4.79 Å². The Bertz CT molecular complexity index is 286. The van der Waals surface area contributed by atoms with Gasteiger partial charge in [-0.1, -0.05) is 6.92 Å². The largest absolute Gasteiger partial charge is 0.341 e. The Morgan fingerprint density at radius 2 is 2.16 bits per heavy atom. The molecule has 2 aliphatic heterocycles. The van der Waals surface area contributed by atoms with Crippen molar-refractivity contribution in [2.24, 2.45) is 0 Å². The van der Waals surface area contributed by atoms with Crippen LogP contribution in [0.3, 0.4) is 0 Å². The molecule has 0 spiro atoms. The second kappa shape index (κ2) is 7.50. The zero-order valence-electron chi connectivity index (χ0n) is 12.2. The monoisotopic (exact) mass is 285 g/mol. The second-order valence-electron chi connectivity index (χ2n) is 5.60. The Morgan fingerprint density at radius 1 is 1.42 bits per heavy atom. The number of carbonyl (C=O) groups is 1. The third-order valence-corrected chi connectivity index (χ3v) is 5.27. The molecule has 1 unspecified atom stereocenters. The number of likely N-dealkylation sites (N-methyl/N-ethyl adjacent to an activating group) is 1. The van der Waals surface area contributed by atoms with E-state index >= 15 is 0 Å². The molecule has 1 atom stereocenters. The van der Waals surface area contributed by atoms with Gasteiger partial charge in [0.05, 0.1) is 6.04 Å². The number of thioether (sulfide) groups is 1. The van der Waals surface area contributed by atoms with Crippen molar-refractivity contribution in [1.82, 2.24) is 15.1 Å². The first-order chi connectivity index (χ1) is 9.22. The summed E-state index contributed by atoms with van der Waals surface area (Å²) in [6.07, 6.45) is 3.48. The van der Waals surface area contributed by atoms with Gasteiger partial charge < -0.3 is 15.1 Å². The van der Waals surface area contributed by atoms with Crippen molar-refractivity contribution in [2.75, 3.05) is 44.7 Å². The SMILES string of the molecule is CCCN1CCC(N(C)C(=O)C2CSCCN2)CC1. The smallest absolute Gasteiger partial charge is 0.240 e. The molecule has 1 amide bonds. The van der Waals surface area contributed by atoms with Crippen LogP contribution in [0.2, 0.25) is 0 Å². The van der Waals surface area contributed by atoms with Crippen molar-refractivity contribution >= 4 is 17.7 Å². The van der Waals surface area contributed by atoms with Crippen LogP contribution in [0.25, 0.3) is 0 Å². The Kier molecular flexibility index (Phi) is 5.98. The first kappa shape index (κ1) is 15.1. The van der Waals surface area contributed by atoms with E-state index in [1.165, 1.54) is 13.0 Å². The minimum absolute atomic E-state index is 0.0393. The summed E-state index contributed by atoms with van der Waals surface area (Å²) in [5.74, 6) is 2.35. The molecule has 2 heterocycles. The van der Waals surface area contributed by atoms with E-state index in [-0.39, 0.29) is 6.04 Å². The lowest BCUT2D eigenvalue weighted by Crippen LogP contribution is -2.54. The van der Waals surface area contributed by atoms with Crippen LogP contribution in [0.1, 0.15) is 26.2 Å². The molecular formula is C14H27N3OS. The zero-order valence-corrected chi connectivity index (χ0v) is 13.0. The van der Waals surface area contributed by atoms with Crippen LogP contribution in [0.4, 0.5) is 0 Å². The third-order valence-electron chi connectivity index (χ3n) is 4.21.